The molecule has 106 valence electrons. The van der Waals surface area contributed by atoms with Gasteiger partial charge >= 0.3 is 0 Å². The van der Waals surface area contributed by atoms with Crippen molar-refractivity contribution >= 4 is 23.1 Å². The number of rotatable bonds is 3. The highest BCUT2D eigenvalue weighted by Crippen LogP contribution is 2.23. The Balaban J connectivity index is 1.88. The van der Waals surface area contributed by atoms with E-state index in [1.807, 2.05) is 31.2 Å². The molecule has 0 fully saturated rings. The molecule has 2 N–H and O–H groups in total. The molecular weight excluding hydrogens is 268 g/mol. The summed E-state index contributed by atoms with van der Waals surface area (Å²) in [6.45, 7) is 3.63. The van der Waals surface area contributed by atoms with Gasteiger partial charge in [-0.25, -0.2) is 10.4 Å². The van der Waals surface area contributed by atoms with Crippen LogP contribution < -0.4 is 11.0 Å². The van der Waals surface area contributed by atoms with Gasteiger partial charge in [0.05, 0.1) is 6.21 Å². The zero-order valence-corrected chi connectivity index (χ0v) is 11.7. The van der Waals surface area contributed by atoms with Crippen molar-refractivity contribution in [2.24, 2.45) is 5.10 Å². The van der Waals surface area contributed by atoms with Crippen molar-refractivity contribution in [3.05, 3.63) is 57.7 Å². The number of aromatic nitrogens is 2. The molecule has 0 spiro atoms. The highest BCUT2D eigenvalue weighted by atomic mass is 16.3. The van der Waals surface area contributed by atoms with E-state index >= 15 is 0 Å². The summed E-state index contributed by atoms with van der Waals surface area (Å²) in [6.07, 6.45) is 1.66. The summed E-state index contributed by atoms with van der Waals surface area (Å²) in [4.78, 5) is 18.0. The molecule has 2 heterocycles. The van der Waals surface area contributed by atoms with Crippen molar-refractivity contribution in [1.29, 1.82) is 0 Å². The van der Waals surface area contributed by atoms with E-state index in [4.69, 9.17) is 4.42 Å². The van der Waals surface area contributed by atoms with Gasteiger partial charge in [-0.15, -0.1) is 0 Å². The average molecular weight is 282 g/mol. The Morgan fingerprint density at radius 3 is 2.95 bits per heavy atom. The Morgan fingerprint density at radius 1 is 1.33 bits per heavy atom. The summed E-state index contributed by atoms with van der Waals surface area (Å²) in [5.41, 5.74) is 4.84. The number of H-pyrrole nitrogens is 1. The zero-order chi connectivity index (χ0) is 14.8. The second kappa shape index (κ2) is 5.24. The van der Waals surface area contributed by atoms with Gasteiger partial charge in [0.1, 0.15) is 11.3 Å². The number of nitrogens with zero attached hydrogens (tertiary/aromatic N) is 2. The maximum atomic E-state index is 11.3. The van der Waals surface area contributed by atoms with E-state index in [-0.39, 0.29) is 5.56 Å². The fourth-order valence-electron chi connectivity index (χ4n) is 2.14. The van der Waals surface area contributed by atoms with Gasteiger partial charge in [0.2, 0.25) is 5.95 Å². The minimum absolute atomic E-state index is 0.217. The van der Waals surface area contributed by atoms with Crippen LogP contribution in [0.15, 0.2) is 44.6 Å². The van der Waals surface area contributed by atoms with Crippen molar-refractivity contribution in [1.82, 2.24) is 9.97 Å². The maximum absolute atomic E-state index is 11.3. The topological polar surface area (TPSA) is 83.3 Å². The molecule has 6 heteroatoms. The van der Waals surface area contributed by atoms with Crippen LogP contribution in [0.4, 0.5) is 5.95 Å². The minimum atomic E-state index is -0.217. The number of anilines is 1. The van der Waals surface area contributed by atoms with Gasteiger partial charge in [-0.3, -0.25) is 9.78 Å². The highest BCUT2D eigenvalue weighted by Gasteiger charge is 2.07. The van der Waals surface area contributed by atoms with Crippen LogP contribution in [0.2, 0.25) is 0 Å². The van der Waals surface area contributed by atoms with E-state index in [1.165, 1.54) is 6.07 Å². The van der Waals surface area contributed by atoms with Gasteiger partial charge in [-0.2, -0.15) is 5.10 Å². The largest absolute Gasteiger partial charge is 0.461 e. The van der Waals surface area contributed by atoms with Gasteiger partial charge in [0, 0.05) is 22.7 Å². The molecule has 6 nitrogen and oxygen atoms in total. The normalized spacial score (nSPS) is 11.3. The smallest absolute Gasteiger partial charge is 0.252 e. The van der Waals surface area contributed by atoms with Crippen molar-refractivity contribution in [2.75, 3.05) is 5.43 Å². The number of aromatic amines is 1. The molecule has 0 aliphatic carbocycles. The number of fused-ring (bicyclic) bond motifs is 1. The zero-order valence-electron chi connectivity index (χ0n) is 11.7. The van der Waals surface area contributed by atoms with E-state index in [0.29, 0.717) is 11.6 Å². The molecule has 1 aromatic carbocycles. The van der Waals surface area contributed by atoms with Crippen molar-refractivity contribution < 1.29 is 4.42 Å². The van der Waals surface area contributed by atoms with E-state index in [1.54, 1.807) is 13.1 Å². The van der Waals surface area contributed by atoms with E-state index in [2.05, 4.69) is 20.5 Å². The molecule has 3 aromatic rings. The molecule has 0 radical (unpaired) electrons. The van der Waals surface area contributed by atoms with Crippen LogP contribution in [-0.2, 0) is 0 Å². The Labute approximate surface area is 120 Å². The lowest BCUT2D eigenvalue weighted by molar-refractivity contribution is 0.578. The summed E-state index contributed by atoms with van der Waals surface area (Å²) in [6, 6.07) is 9.17. The number of hydrazone groups is 1. The third-order valence-corrected chi connectivity index (χ3v) is 3.05. The summed E-state index contributed by atoms with van der Waals surface area (Å²) < 4.78 is 5.65. The molecule has 0 aliphatic rings. The first kappa shape index (κ1) is 13.1. The molecular formula is C15H14N4O2. The van der Waals surface area contributed by atoms with Crippen molar-refractivity contribution in [3.63, 3.8) is 0 Å². The summed E-state index contributed by atoms with van der Waals surface area (Å²) in [5, 5.41) is 5.10. The minimum Gasteiger partial charge on any atom is -0.461 e. The molecule has 0 saturated heterocycles. The number of nitrogens with one attached hydrogen (secondary N) is 2. The van der Waals surface area contributed by atoms with Gasteiger partial charge < -0.3 is 4.42 Å². The van der Waals surface area contributed by atoms with Gasteiger partial charge in [0.15, 0.2) is 0 Å². The number of hydrogen-bond acceptors (Lipinski definition) is 5. The lowest BCUT2D eigenvalue weighted by Crippen LogP contribution is -2.10. The molecule has 2 aromatic heterocycles. The summed E-state index contributed by atoms with van der Waals surface area (Å²) >= 11 is 0. The van der Waals surface area contributed by atoms with Crippen LogP contribution in [0.25, 0.3) is 11.0 Å². The van der Waals surface area contributed by atoms with E-state index in [9.17, 15) is 4.79 Å². The first-order valence-corrected chi connectivity index (χ1v) is 6.48. The summed E-state index contributed by atoms with van der Waals surface area (Å²) in [5.74, 6) is 1.09. The molecule has 0 bridgehead atoms. The van der Waals surface area contributed by atoms with Gasteiger partial charge in [0.25, 0.3) is 5.56 Å². The first-order chi connectivity index (χ1) is 10.1. The van der Waals surface area contributed by atoms with Crippen molar-refractivity contribution in [3.8, 4) is 0 Å². The molecule has 0 saturated carbocycles. The van der Waals surface area contributed by atoms with Crippen LogP contribution in [0, 0.1) is 13.8 Å². The molecule has 0 unspecified atom stereocenters. The average Bonchev–Trinajstić information content (AvgIpc) is 2.74. The second-order valence-electron chi connectivity index (χ2n) is 4.67. The van der Waals surface area contributed by atoms with Crippen LogP contribution in [-0.4, -0.2) is 16.2 Å². The predicted molar refractivity (Wildman–Crippen MR) is 81.8 cm³/mol. The number of benzene rings is 1. The third-order valence-electron chi connectivity index (χ3n) is 3.05. The Morgan fingerprint density at radius 2 is 2.14 bits per heavy atom. The molecule has 21 heavy (non-hydrogen) atoms. The number of furan rings is 1. The Bertz CT molecular complexity index is 877. The molecule has 0 atom stereocenters. The van der Waals surface area contributed by atoms with Crippen LogP contribution in [0.3, 0.4) is 0 Å². The van der Waals surface area contributed by atoms with E-state index in [0.717, 1.165) is 22.3 Å². The SMILES string of the molecule is Cc1cc(=O)[nH]c(N/N=C/c2c(C)oc3ccccc23)n1. The molecule has 0 amide bonds. The lowest BCUT2D eigenvalue weighted by atomic mass is 10.1. The molecule has 3 rings (SSSR count). The van der Waals surface area contributed by atoms with Crippen LogP contribution >= 0.6 is 0 Å². The van der Waals surface area contributed by atoms with Crippen molar-refractivity contribution in [2.45, 2.75) is 13.8 Å². The fourth-order valence-corrected chi connectivity index (χ4v) is 2.14. The van der Waals surface area contributed by atoms with Gasteiger partial charge in [-0.1, -0.05) is 18.2 Å². The number of hydrogen-bond donors (Lipinski definition) is 2. The Hall–Kier alpha value is -2.89. The van der Waals surface area contributed by atoms with Crippen LogP contribution in [0.1, 0.15) is 17.0 Å². The van der Waals surface area contributed by atoms with Crippen LogP contribution in [0.5, 0.6) is 0 Å². The quantitative estimate of drug-likeness (QED) is 0.571. The fraction of sp³-hybridized carbons (Fsp3) is 0.133. The Kier molecular flexibility index (Phi) is 3.27. The third kappa shape index (κ3) is 2.69. The monoisotopic (exact) mass is 282 g/mol. The standard InChI is InChI=1S/C15H14N4O2/c1-9-7-14(20)18-15(17-9)19-16-8-12-10(2)21-13-6-4-3-5-11(12)13/h3-8H,1-2H3,(H2,17,18,19,20)/b16-8+. The van der Waals surface area contributed by atoms with Gasteiger partial charge in [-0.05, 0) is 19.9 Å². The summed E-state index contributed by atoms with van der Waals surface area (Å²) in [7, 11) is 0. The maximum Gasteiger partial charge on any atom is 0.252 e. The second-order valence-corrected chi connectivity index (χ2v) is 4.67. The first-order valence-electron chi connectivity index (χ1n) is 6.48. The molecule has 0 aliphatic heterocycles. The number of para-hydroxylation sites is 1. The highest BCUT2D eigenvalue weighted by molar-refractivity contribution is 5.99. The predicted octanol–water partition coefficient (Wildman–Crippen LogP) is 2.58. The van der Waals surface area contributed by atoms with E-state index < -0.39 is 0 Å². The number of aryl methyl sites for hydroxylation is 2. The lowest BCUT2D eigenvalue weighted by Gasteiger charge is -1.99.